The number of thiophene rings is 2. The van der Waals surface area contributed by atoms with Gasteiger partial charge in [0.2, 0.25) is 0 Å². The van der Waals surface area contributed by atoms with E-state index in [1.807, 2.05) is 22.7 Å². The van der Waals surface area contributed by atoms with Gasteiger partial charge >= 0.3 is 0 Å². The Kier molecular flexibility index (Phi) is 9.71. The highest BCUT2D eigenvalue weighted by molar-refractivity contribution is 7.26. The summed E-state index contributed by atoms with van der Waals surface area (Å²) < 4.78 is 5.20. The summed E-state index contributed by atoms with van der Waals surface area (Å²) in [5.74, 6) is 0. The van der Waals surface area contributed by atoms with Crippen molar-refractivity contribution in [1.29, 1.82) is 0 Å². The second-order valence-corrected chi connectivity index (χ2v) is 24.1. The van der Waals surface area contributed by atoms with Gasteiger partial charge in [-0.1, -0.05) is 187 Å². The number of hydrogen-bond donors (Lipinski definition) is 0. The maximum atomic E-state index is 2.50. The minimum absolute atomic E-state index is 0.202. The third kappa shape index (κ3) is 6.33. The summed E-state index contributed by atoms with van der Waals surface area (Å²) in [5, 5.41) is 12.9. The second kappa shape index (κ2) is 16.1. The second-order valence-electron chi connectivity index (χ2n) is 22.0. The number of fused-ring (bicyclic) bond motifs is 16. The molecule has 0 fully saturated rings. The van der Waals surface area contributed by atoms with Crippen LogP contribution in [-0.2, 0) is 5.41 Å². The van der Waals surface area contributed by atoms with Crippen LogP contribution in [0.3, 0.4) is 0 Å². The van der Waals surface area contributed by atoms with Gasteiger partial charge < -0.3 is 9.80 Å². The first-order valence-electron chi connectivity index (χ1n) is 25.6. The Labute approximate surface area is 435 Å². The molecule has 4 heteroatoms. The predicted octanol–water partition coefficient (Wildman–Crippen LogP) is 21.2. The third-order valence-electron chi connectivity index (χ3n) is 16.1. The zero-order chi connectivity index (χ0) is 49.4. The Hall–Kier alpha value is -7.76. The zero-order valence-corrected chi connectivity index (χ0v) is 43.6. The molecule has 2 heterocycles. The van der Waals surface area contributed by atoms with Crippen molar-refractivity contribution >= 4 is 129 Å². The summed E-state index contributed by atoms with van der Waals surface area (Å²) in [7, 11) is 0. The van der Waals surface area contributed by atoms with Gasteiger partial charge in [-0.15, -0.1) is 22.7 Å². The quantitative estimate of drug-likeness (QED) is 0.153. The maximum absolute atomic E-state index is 2.50. The number of nitrogens with zero attached hydrogens (tertiary/aromatic N) is 2. The molecule has 352 valence electrons. The van der Waals surface area contributed by atoms with Gasteiger partial charge in [-0.3, -0.25) is 0 Å². The molecule has 0 bridgehead atoms. The molecule has 0 unspecified atom stereocenters. The van der Waals surface area contributed by atoms with Gasteiger partial charge in [0.1, 0.15) is 0 Å². The van der Waals surface area contributed by atoms with Crippen LogP contribution in [0.2, 0.25) is 0 Å². The Balaban J connectivity index is 1.02. The molecule has 0 spiro atoms. The van der Waals surface area contributed by atoms with Crippen LogP contribution >= 0.6 is 22.7 Å². The third-order valence-corrected chi connectivity index (χ3v) is 18.5. The molecule has 0 saturated heterocycles. The van der Waals surface area contributed by atoms with Gasteiger partial charge in [0.05, 0.1) is 20.8 Å². The molecule has 0 atom stereocenters. The Morgan fingerprint density at radius 2 is 0.795 bits per heavy atom. The lowest BCUT2D eigenvalue weighted by Gasteiger charge is -2.54. The van der Waals surface area contributed by atoms with Crippen LogP contribution in [0, 0.1) is 10.8 Å². The molecule has 11 aromatic carbocycles. The highest BCUT2D eigenvalue weighted by Gasteiger charge is 2.59. The smallest absolute Gasteiger partial charge is 0.0640 e. The first kappa shape index (κ1) is 44.0. The van der Waals surface area contributed by atoms with E-state index >= 15 is 0 Å². The van der Waals surface area contributed by atoms with Crippen molar-refractivity contribution in [3.05, 3.63) is 230 Å². The van der Waals surface area contributed by atoms with E-state index in [0.29, 0.717) is 0 Å². The van der Waals surface area contributed by atoms with Crippen molar-refractivity contribution in [2.24, 2.45) is 10.8 Å². The molecule has 73 heavy (non-hydrogen) atoms. The summed E-state index contributed by atoms with van der Waals surface area (Å²) in [6, 6.07) is 81.8. The van der Waals surface area contributed by atoms with Gasteiger partial charge in [-0.2, -0.15) is 0 Å². The summed E-state index contributed by atoms with van der Waals surface area (Å²) in [6.45, 7) is 14.9. The molecule has 0 aliphatic heterocycles. The Morgan fingerprint density at radius 1 is 0.329 bits per heavy atom. The molecule has 2 nitrogen and oxygen atoms in total. The largest absolute Gasteiger partial charge is 0.309 e. The van der Waals surface area contributed by atoms with Crippen LogP contribution < -0.4 is 9.80 Å². The van der Waals surface area contributed by atoms with Crippen LogP contribution in [0.25, 0.3) is 83.8 Å². The number of para-hydroxylation sites is 2. The highest BCUT2D eigenvalue weighted by atomic mass is 32.1. The normalized spacial score (nSPS) is 13.5. The van der Waals surface area contributed by atoms with E-state index in [1.54, 1.807) is 0 Å². The highest BCUT2D eigenvalue weighted by Crippen LogP contribution is 2.69. The lowest BCUT2D eigenvalue weighted by atomic mass is 9.49. The minimum atomic E-state index is -0.404. The van der Waals surface area contributed by atoms with Crippen molar-refractivity contribution < 1.29 is 0 Å². The van der Waals surface area contributed by atoms with E-state index in [-0.39, 0.29) is 10.8 Å². The van der Waals surface area contributed by atoms with Gasteiger partial charge in [-0.25, -0.2) is 0 Å². The molecular formula is C69H54N2S2. The van der Waals surface area contributed by atoms with Crippen LogP contribution in [0.1, 0.15) is 52.7 Å². The molecule has 0 amide bonds. The molecule has 0 N–H and O–H groups in total. The SMILES string of the molecule is CC(C)(C)C1(C(C)(C)C)c2c(ccc3cc(N(c4ccccc4)c4cccc5c4sc4ccccc45)ccc23)-c2c1c1ccc(N(c3ccccc3)c3cccc4c3sc3ccccc34)cc1c1ccccc21. The van der Waals surface area contributed by atoms with Gasteiger partial charge in [0.25, 0.3) is 0 Å². The van der Waals surface area contributed by atoms with Crippen molar-refractivity contribution in [3.8, 4) is 11.1 Å². The van der Waals surface area contributed by atoms with Crippen molar-refractivity contribution in [2.45, 2.75) is 47.0 Å². The van der Waals surface area contributed by atoms with Gasteiger partial charge in [-0.05, 0) is 138 Å². The van der Waals surface area contributed by atoms with Gasteiger partial charge in [0.15, 0.2) is 0 Å². The molecule has 1 aliphatic carbocycles. The molecule has 1 aliphatic rings. The average Bonchev–Trinajstić information content (AvgIpc) is 4.09. The van der Waals surface area contributed by atoms with Crippen molar-refractivity contribution in [1.82, 2.24) is 0 Å². The predicted molar refractivity (Wildman–Crippen MR) is 319 cm³/mol. The van der Waals surface area contributed by atoms with Gasteiger partial charge in [0, 0.05) is 59.1 Å². The van der Waals surface area contributed by atoms with E-state index in [1.165, 1.54) is 106 Å². The van der Waals surface area contributed by atoms with E-state index in [2.05, 4.69) is 270 Å². The maximum Gasteiger partial charge on any atom is 0.0640 e. The summed E-state index contributed by atoms with van der Waals surface area (Å²) in [5.41, 5.74) is 11.8. The summed E-state index contributed by atoms with van der Waals surface area (Å²) in [6.07, 6.45) is 0. The summed E-state index contributed by atoms with van der Waals surface area (Å²) in [4.78, 5) is 4.96. The van der Waals surface area contributed by atoms with E-state index in [0.717, 1.165) is 22.7 Å². The zero-order valence-electron chi connectivity index (χ0n) is 42.0. The fraction of sp³-hybridized carbons (Fsp3) is 0.130. The number of benzene rings is 11. The van der Waals surface area contributed by atoms with E-state index in [9.17, 15) is 0 Å². The number of rotatable bonds is 6. The molecule has 2 aromatic heterocycles. The fourth-order valence-electron chi connectivity index (χ4n) is 13.6. The first-order valence-corrected chi connectivity index (χ1v) is 27.2. The molecule has 0 saturated carbocycles. The van der Waals surface area contributed by atoms with Crippen LogP contribution in [0.5, 0.6) is 0 Å². The standard InChI is InChI=1S/C69H54N2S2/c1-67(2,3)69(68(4,5)6)63-48-39-36-46(70(44-21-9-7-10-22-44)58-31-19-29-54-50-26-15-17-33-60(50)72-65(54)58)41-43(48)35-38-56(63)62-52-28-14-13-25-49(52)57-42-47(37-40-53(57)64(62)69)71(45-23-11-8-12-24-45)59-32-20-30-55-51-27-16-18-34-61(51)73-66(55)59/h7-42H,1-6H3. The first-order chi connectivity index (χ1) is 35.5. The van der Waals surface area contributed by atoms with Crippen LogP contribution in [-0.4, -0.2) is 0 Å². The number of hydrogen-bond acceptors (Lipinski definition) is 4. The monoisotopic (exact) mass is 974 g/mol. The lowest BCUT2D eigenvalue weighted by Crippen LogP contribution is -2.50. The van der Waals surface area contributed by atoms with E-state index < -0.39 is 5.41 Å². The van der Waals surface area contributed by atoms with Crippen molar-refractivity contribution in [3.63, 3.8) is 0 Å². The lowest BCUT2D eigenvalue weighted by molar-refractivity contribution is 0.0977. The summed E-state index contributed by atoms with van der Waals surface area (Å²) >= 11 is 3.77. The fourth-order valence-corrected chi connectivity index (χ4v) is 16.0. The molecule has 0 radical (unpaired) electrons. The molecule has 13 aromatic rings. The topological polar surface area (TPSA) is 6.48 Å². The number of anilines is 6. The van der Waals surface area contributed by atoms with E-state index in [4.69, 9.17) is 0 Å². The molecular weight excluding hydrogens is 921 g/mol. The Bertz CT molecular complexity index is 4340. The minimum Gasteiger partial charge on any atom is -0.309 e. The average molecular weight is 975 g/mol. The Morgan fingerprint density at radius 3 is 1.34 bits per heavy atom. The molecule has 14 rings (SSSR count). The van der Waals surface area contributed by atoms with Crippen LogP contribution in [0.15, 0.2) is 218 Å². The van der Waals surface area contributed by atoms with Crippen LogP contribution in [0.4, 0.5) is 34.1 Å². The van der Waals surface area contributed by atoms with Crippen molar-refractivity contribution in [2.75, 3.05) is 9.80 Å².